The van der Waals surface area contributed by atoms with E-state index in [1.54, 1.807) is 24.3 Å². The van der Waals surface area contributed by atoms with Gasteiger partial charge in [0.25, 0.3) is 0 Å². The fourth-order valence-corrected chi connectivity index (χ4v) is 2.01. The number of nitrogens with two attached hydrogens (primary N) is 1. The highest BCUT2D eigenvalue weighted by Gasteiger charge is 2.31. The first kappa shape index (κ1) is 19.9. The lowest BCUT2D eigenvalue weighted by Crippen LogP contribution is -2.17. The highest BCUT2D eigenvalue weighted by molar-refractivity contribution is 5.85. The van der Waals surface area contributed by atoms with Crippen molar-refractivity contribution in [1.29, 1.82) is 0 Å². The molecule has 0 saturated heterocycles. The van der Waals surface area contributed by atoms with Crippen LogP contribution < -0.4 is 19.9 Å². The molecule has 0 amide bonds. The van der Waals surface area contributed by atoms with Crippen molar-refractivity contribution in [3.05, 3.63) is 42.5 Å². The molecule has 24 heavy (non-hydrogen) atoms. The molecule has 0 unspecified atom stereocenters. The van der Waals surface area contributed by atoms with Crippen molar-refractivity contribution < 1.29 is 27.4 Å². The first-order valence-corrected chi connectivity index (χ1v) is 6.80. The number of ether oxygens (including phenoxy) is 3. The van der Waals surface area contributed by atoms with E-state index in [0.29, 0.717) is 35.8 Å². The van der Waals surface area contributed by atoms with Crippen molar-refractivity contribution in [1.82, 2.24) is 0 Å². The molecule has 0 spiro atoms. The molecule has 4 nitrogen and oxygen atoms in total. The molecule has 2 aromatic rings. The zero-order valence-electron chi connectivity index (χ0n) is 12.8. The van der Waals surface area contributed by atoms with E-state index in [4.69, 9.17) is 15.2 Å². The van der Waals surface area contributed by atoms with Crippen molar-refractivity contribution in [3.8, 4) is 28.4 Å². The maximum Gasteiger partial charge on any atom is 0.573 e. The molecular formula is C16H17ClF3NO3. The first-order chi connectivity index (χ1) is 10.9. The lowest BCUT2D eigenvalue weighted by atomic mass is 10.0. The summed E-state index contributed by atoms with van der Waals surface area (Å²) in [5, 5.41) is 0. The molecule has 0 saturated carbocycles. The quantitative estimate of drug-likeness (QED) is 0.842. The molecule has 8 heteroatoms. The number of benzene rings is 2. The fourth-order valence-electron chi connectivity index (χ4n) is 2.01. The molecule has 2 rings (SSSR count). The number of rotatable bonds is 6. The number of alkyl halides is 3. The van der Waals surface area contributed by atoms with Crippen LogP contribution in [0.2, 0.25) is 0 Å². The standard InChI is InChI=1S/C16H16F3NO3.ClH/c1-21-15-10-12(5-6-14(15)22-8-7-20)11-3-2-4-13(9-11)23-16(17,18)19;/h2-6,9-10H,7-8,20H2,1H3;1H. The number of halogens is 4. The summed E-state index contributed by atoms with van der Waals surface area (Å²) in [7, 11) is 1.48. The summed E-state index contributed by atoms with van der Waals surface area (Å²) in [5.74, 6) is 0.708. The van der Waals surface area contributed by atoms with Crippen LogP contribution in [0.15, 0.2) is 42.5 Å². The van der Waals surface area contributed by atoms with Gasteiger partial charge in [0.2, 0.25) is 0 Å². The number of methoxy groups -OCH3 is 1. The van der Waals surface area contributed by atoms with E-state index in [-0.39, 0.29) is 18.2 Å². The van der Waals surface area contributed by atoms with E-state index in [1.165, 1.54) is 25.3 Å². The molecule has 0 heterocycles. The second-order valence-electron chi connectivity index (χ2n) is 4.58. The van der Waals surface area contributed by atoms with Gasteiger partial charge < -0.3 is 19.9 Å². The van der Waals surface area contributed by atoms with Crippen molar-refractivity contribution in [2.24, 2.45) is 5.73 Å². The molecule has 0 bridgehead atoms. The lowest BCUT2D eigenvalue weighted by Gasteiger charge is -2.13. The minimum Gasteiger partial charge on any atom is -0.493 e. The third-order valence-electron chi connectivity index (χ3n) is 2.94. The normalized spacial score (nSPS) is 10.7. The van der Waals surface area contributed by atoms with Gasteiger partial charge in [0.15, 0.2) is 11.5 Å². The minimum atomic E-state index is -4.73. The smallest absolute Gasteiger partial charge is 0.493 e. The first-order valence-electron chi connectivity index (χ1n) is 6.80. The summed E-state index contributed by atoms with van der Waals surface area (Å²) in [5.41, 5.74) is 6.63. The van der Waals surface area contributed by atoms with Gasteiger partial charge in [-0.3, -0.25) is 0 Å². The van der Waals surface area contributed by atoms with E-state index in [9.17, 15) is 13.2 Å². The summed E-state index contributed by atoms with van der Waals surface area (Å²) in [6.07, 6.45) is -4.73. The van der Waals surface area contributed by atoms with Crippen LogP contribution in [0.25, 0.3) is 11.1 Å². The Morgan fingerprint density at radius 3 is 2.33 bits per heavy atom. The van der Waals surface area contributed by atoms with Crippen molar-refractivity contribution in [2.75, 3.05) is 20.3 Å². The second kappa shape index (κ2) is 8.65. The van der Waals surface area contributed by atoms with Gasteiger partial charge in [0.05, 0.1) is 7.11 Å². The van der Waals surface area contributed by atoms with Gasteiger partial charge in [0, 0.05) is 6.54 Å². The summed E-state index contributed by atoms with van der Waals surface area (Å²) in [6.45, 7) is 0.701. The Labute approximate surface area is 143 Å². The monoisotopic (exact) mass is 363 g/mol. The largest absolute Gasteiger partial charge is 0.573 e. The van der Waals surface area contributed by atoms with Crippen LogP contribution in [0.1, 0.15) is 0 Å². The molecule has 0 aromatic heterocycles. The number of hydrogen-bond acceptors (Lipinski definition) is 4. The molecule has 0 fully saturated rings. The summed E-state index contributed by atoms with van der Waals surface area (Å²) in [4.78, 5) is 0. The lowest BCUT2D eigenvalue weighted by molar-refractivity contribution is -0.274. The molecule has 0 aliphatic rings. The Kier molecular flexibility index (Phi) is 7.18. The average molecular weight is 364 g/mol. The zero-order valence-corrected chi connectivity index (χ0v) is 13.6. The number of hydrogen-bond donors (Lipinski definition) is 1. The van der Waals surface area contributed by atoms with Gasteiger partial charge in [-0.2, -0.15) is 0 Å². The predicted molar refractivity (Wildman–Crippen MR) is 86.9 cm³/mol. The van der Waals surface area contributed by atoms with Crippen LogP contribution in [0.5, 0.6) is 17.2 Å². The van der Waals surface area contributed by atoms with E-state index in [2.05, 4.69) is 4.74 Å². The summed E-state index contributed by atoms with van der Waals surface area (Å²) >= 11 is 0. The Morgan fingerprint density at radius 2 is 1.71 bits per heavy atom. The molecule has 2 aromatic carbocycles. The molecule has 132 valence electrons. The van der Waals surface area contributed by atoms with Gasteiger partial charge in [0.1, 0.15) is 12.4 Å². The van der Waals surface area contributed by atoms with Crippen molar-refractivity contribution in [3.63, 3.8) is 0 Å². The summed E-state index contributed by atoms with van der Waals surface area (Å²) in [6, 6.07) is 10.8. The van der Waals surface area contributed by atoms with Crippen LogP contribution >= 0.6 is 12.4 Å². The van der Waals surface area contributed by atoms with E-state index in [0.717, 1.165) is 0 Å². The van der Waals surface area contributed by atoms with Crippen LogP contribution in [-0.4, -0.2) is 26.6 Å². The SMILES string of the molecule is COc1cc(-c2cccc(OC(F)(F)F)c2)ccc1OCCN.Cl. The van der Waals surface area contributed by atoms with E-state index in [1.807, 2.05) is 0 Å². The fraction of sp³-hybridized carbons (Fsp3) is 0.250. The third kappa shape index (κ3) is 5.50. The molecule has 0 atom stereocenters. The van der Waals surface area contributed by atoms with Gasteiger partial charge >= 0.3 is 6.36 Å². The Balaban J connectivity index is 0.00000288. The van der Waals surface area contributed by atoms with Crippen LogP contribution in [0.3, 0.4) is 0 Å². The van der Waals surface area contributed by atoms with E-state index >= 15 is 0 Å². The highest BCUT2D eigenvalue weighted by Crippen LogP contribution is 2.34. The van der Waals surface area contributed by atoms with Crippen LogP contribution in [0, 0.1) is 0 Å². The van der Waals surface area contributed by atoms with Crippen molar-refractivity contribution in [2.45, 2.75) is 6.36 Å². The van der Waals surface area contributed by atoms with Gasteiger partial charge in [-0.1, -0.05) is 18.2 Å². The molecular weight excluding hydrogens is 347 g/mol. The molecule has 0 radical (unpaired) electrons. The maximum absolute atomic E-state index is 12.3. The topological polar surface area (TPSA) is 53.7 Å². The predicted octanol–water partition coefficient (Wildman–Crippen LogP) is 4.02. The average Bonchev–Trinajstić information content (AvgIpc) is 2.51. The molecule has 0 aliphatic heterocycles. The zero-order chi connectivity index (χ0) is 16.9. The van der Waals surface area contributed by atoms with Gasteiger partial charge in [-0.05, 0) is 35.4 Å². The minimum absolute atomic E-state index is 0. The van der Waals surface area contributed by atoms with Gasteiger partial charge in [-0.25, -0.2) is 0 Å². The van der Waals surface area contributed by atoms with Crippen LogP contribution in [0.4, 0.5) is 13.2 Å². The van der Waals surface area contributed by atoms with Crippen molar-refractivity contribution >= 4 is 12.4 Å². The summed E-state index contributed by atoms with van der Waals surface area (Å²) < 4.78 is 51.5. The van der Waals surface area contributed by atoms with Crippen LogP contribution in [-0.2, 0) is 0 Å². The van der Waals surface area contributed by atoms with E-state index < -0.39 is 6.36 Å². The third-order valence-corrected chi connectivity index (χ3v) is 2.94. The Bertz CT molecular complexity index is 665. The van der Waals surface area contributed by atoms with Gasteiger partial charge in [-0.15, -0.1) is 25.6 Å². The Hall–Kier alpha value is -2.12. The molecule has 0 aliphatic carbocycles. The second-order valence-corrected chi connectivity index (χ2v) is 4.58. The Morgan fingerprint density at radius 1 is 1.00 bits per heavy atom. The molecule has 2 N–H and O–H groups in total. The maximum atomic E-state index is 12.3. The highest BCUT2D eigenvalue weighted by atomic mass is 35.5.